The van der Waals surface area contributed by atoms with E-state index in [4.69, 9.17) is 20.4 Å². The van der Waals surface area contributed by atoms with Gasteiger partial charge in [-0.25, -0.2) is 19.2 Å². The van der Waals surface area contributed by atoms with Gasteiger partial charge in [0.2, 0.25) is 0 Å². The number of amides is 1. The number of benzene rings is 2. The molecule has 0 aliphatic rings. The Morgan fingerprint density at radius 3 is 2.56 bits per heavy atom. The van der Waals surface area contributed by atoms with Gasteiger partial charge in [0.05, 0.1) is 23.8 Å². The number of anilines is 2. The second-order valence-corrected chi connectivity index (χ2v) is 6.27. The third-order valence-corrected chi connectivity index (χ3v) is 4.18. The molecule has 4 aromatic rings. The minimum atomic E-state index is -0.629. The number of rotatable bonds is 4. The Morgan fingerprint density at radius 1 is 1.22 bits per heavy atom. The maximum absolute atomic E-state index is 14.1. The fourth-order valence-corrected chi connectivity index (χ4v) is 2.89. The van der Waals surface area contributed by atoms with Crippen LogP contribution in [0.15, 0.2) is 47.4 Å². The van der Waals surface area contributed by atoms with Crippen molar-refractivity contribution in [1.82, 2.24) is 19.9 Å². The molecule has 0 spiro atoms. The van der Waals surface area contributed by atoms with Crippen LogP contribution < -0.4 is 21.5 Å². The molecule has 11 nitrogen and oxygen atoms in total. The van der Waals surface area contributed by atoms with Crippen molar-refractivity contribution in [2.24, 2.45) is 0 Å². The molecule has 2 heterocycles. The number of fused-ring (bicyclic) bond motifs is 1. The van der Waals surface area contributed by atoms with E-state index in [1.54, 1.807) is 12.1 Å². The van der Waals surface area contributed by atoms with Gasteiger partial charge in [-0.15, -0.1) is 0 Å². The first-order valence-corrected chi connectivity index (χ1v) is 8.93. The Kier molecular flexibility index (Phi) is 6.44. The first kappa shape index (κ1) is 22.0. The van der Waals surface area contributed by atoms with E-state index in [-0.39, 0.29) is 29.4 Å². The number of halogens is 1. The van der Waals surface area contributed by atoms with Gasteiger partial charge in [0.25, 0.3) is 12.4 Å². The Labute approximate surface area is 179 Å². The summed E-state index contributed by atoms with van der Waals surface area (Å²) in [6, 6.07) is 8.38. The van der Waals surface area contributed by atoms with E-state index >= 15 is 0 Å². The topological polar surface area (TPSA) is 176 Å². The van der Waals surface area contributed by atoms with Crippen LogP contribution in [0.5, 0.6) is 5.75 Å². The number of carbonyl (C=O) groups excluding carboxylic acids is 1. The summed E-state index contributed by atoms with van der Waals surface area (Å²) in [5.74, 6) is -0.454. The molecular formula is C20H17FN6O5. The molecule has 32 heavy (non-hydrogen) atoms. The summed E-state index contributed by atoms with van der Waals surface area (Å²) in [5.41, 5.74) is 6.94. The van der Waals surface area contributed by atoms with Gasteiger partial charge < -0.3 is 30.9 Å². The van der Waals surface area contributed by atoms with Crippen LogP contribution in [-0.4, -0.2) is 44.5 Å². The van der Waals surface area contributed by atoms with E-state index in [9.17, 15) is 14.0 Å². The van der Waals surface area contributed by atoms with Gasteiger partial charge in [-0.2, -0.15) is 0 Å². The summed E-state index contributed by atoms with van der Waals surface area (Å²) in [4.78, 5) is 45.9. The highest BCUT2D eigenvalue weighted by molar-refractivity contribution is 6.06. The fraction of sp³-hybridized carbons (Fsp3) is 0.0500. The molecule has 4 rings (SSSR count). The quantitative estimate of drug-likeness (QED) is 0.299. The highest BCUT2D eigenvalue weighted by Crippen LogP contribution is 2.29. The summed E-state index contributed by atoms with van der Waals surface area (Å²) in [6.07, 6.45) is 1.44. The molecule has 0 fully saturated rings. The van der Waals surface area contributed by atoms with E-state index in [1.807, 2.05) is 0 Å². The number of carboxylic acid groups (broad SMARTS) is 1. The number of hydrogen-bond donors (Lipinski definition) is 5. The second-order valence-electron chi connectivity index (χ2n) is 6.27. The number of H-pyrrole nitrogens is 2. The third-order valence-electron chi connectivity index (χ3n) is 4.18. The number of nitrogens with zero attached hydrogens (tertiary/aromatic N) is 2. The van der Waals surface area contributed by atoms with Crippen LogP contribution >= 0.6 is 0 Å². The van der Waals surface area contributed by atoms with Crippen molar-refractivity contribution in [3.63, 3.8) is 0 Å². The lowest BCUT2D eigenvalue weighted by molar-refractivity contribution is -0.122. The number of imidazole rings is 1. The number of hydrogen-bond acceptors (Lipinski definition) is 7. The summed E-state index contributed by atoms with van der Waals surface area (Å²) in [5, 5.41) is 9.55. The normalized spacial score (nSPS) is 10.2. The SMILES string of the molecule is COc1cc2[nH]c(=O)[nH]c2cc1NC(=O)c1cc(F)cc(-c2nccc(N)n2)c1.O=CO. The minimum Gasteiger partial charge on any atom is -0.494 e. The molecule has 0 aliphatic carbocycles. The lowest BCUT2D eigenvalue weighted by Gasteiger charge is -2.11. The fourth-order valence-electron chi connectivity index (χ4n) is 2.89. The highest BCUT2D eigenvalue weighted by atomic mass is 19.1. The molecule has 0 saturated heterocycles. The van der Waals surface area contributed by atoms with Crippen LogP contribution in [0.3, 0.4) is 0 Å². The summed E-state index contributed by atoms with van der Waals surface area (Å²) in [7, 11) is 1.43. The van der Waals surface area contributed by atoms with Gasteiger partial charge in [-0.1, -0.05) is 0 Å². The number of nitrogen functional groups attached to an aromatic ring is 1. The van der Waals surface area contributed by atoms with Gasteiger partial charge >= 0.3 is 5.69 Å². The van der Waals surface area contributed by atoms with Gasteiger partial charge in [0.1, 0.15) is 17.4 Å². The third kappa shape index (κ3) is 4.87. The van der Waals surface area contributed by atoms with Gasteiger partial charge in [-0.3, -0.25) is 9.59 Å². The van der Waals surface area contributed by atoms with Gasteiger partial charge in [0.15, 0.2) is 5.82 Å². The Bertz CT molecular complexity index is 1350. The van der Waals surface area contributed by atoms with Crippen LogP contribution in [0.4, 0.5) is 15.9 Å². The number of aromatic nitrogens is 4. The van der Waals surface area contributed by atoms with Crippen molar-refractivity contribution in [3.05, 3.63) is 64.5 Å². The van der Waals surface area contributed by atoms with Gasteiger partial charge in [-0.05, 0) is 30.3 Å². The molecule has 2 aromatic heterocycles. The van der Waals surface area contributed by atoms with Crippen molar-refractivity contribution in [3.8, 4) is 17.1 Å². The molecule has 2 aromatic carbocycles. The number of aromatic amines is 2. The molecule has 6 N–H and O–H groups in total. The van der Waals surface area contributed by atoms with Crippen molar-refractivity contribution < 1.29 is 23.8 Å². The zero-order valence-electron chi connectivity index (χ0n) is 16.5. The maximum Gasteiger partial charge on any atom is 0.323 e. The molecule has 1 amide bonds. The van der Waals surface area contributed by atoms with Crippen LogP contribution in [0, 0.1) is 5.82 Å². The van der Waals surface area contributed by atoms with E-state index < -0.39 is 11.7 Å². The Hall–Kier alpha value is -4.74. The van der Waals surface area contributed by atoms with E-state index in [0.717, 1.165) is 6.07 Å². The minimum absolute atomic E-state index is 0.0516. The average Bonchev–Trinajstić information content (AvgIpc) is 3.12. The monoisotopic (exact) mass is 440 g/mol. The predicted octanol–water partition coefficient (Wildman–Crippen LogP) is 2.00. The largest absolute Gasteiger partial charge is 0.494 e. The molecule has 164 valence electrons. The summed E-state index contributed by atoms with van der Waals surface area (Å²) < 4.78 is 19.4. The van der Waals surface area contributed by atoms with Crippen molar-refractivity contribution in [1.29, 1.82) is 0 Å². The molecule has 0 atom stereocenters. The lowest BCUT2D eigenvalue weighted by Crippen LogP contribution is -2.13. The molecule has 12 heteroatoms. The Morgan fingerprint density at radius 2 is 1.91 bits per heavy atom. The first-order chi connectivity index (χ1) is 15.3. The molecule has 0 radical (unpaired) electrons. The second kappa shape index (κ2) is 9.38. The van der Waals surface area contributed by atoms with Crippen molar-refractivity contribution in [2.45, 2.75) is 0 Å². The first-order valence-electron chi connectivity index (χ1n) is 8.93. The maximum atomic E-state index is 14.1. The molecule has 0 bridgehead atoms. The zero-order chi connectivity index (χ0) is 23.3. The molecular weight excluding hydrogens is 423 g/mol. The van der Waals surface area contributed by atoms with Crippen LogP contribution in [-0.2, 0) is 4.79 Å². The number of nitrogens with two attached hydrogens (primary N) is 1. The van der Waals surface area contributed by atoms with Crippen molar-refractivity contribution in [2.75, 3.05) is 18.2 Å². The van der Waals surface area contributed by atoms with Crippen LogP contribution in [0.2, 0.25) is 0 Å². The molecule has 0 aliphatic heterocycles. The van der Waals surface area contributed by atoms with Crippen LogP contribution in [0.1, 0.15) is 10.4 Å². The van der Waals surface area contributed by atoms with E-state index in [1.165, 1.54) is 31.5 Å². The van der Waals surface area contributed by atoms with Gasteiger partial charge in [0, 0.05) is 23.4 Å². The smallest absolute Gasteiger partial charge is 0.323 e. The number of nitrogens with one attached hydrogen (secondary N) is 3. The highest BCUT2D eigenvalue weighted by Gasteiger charge is 2.15. The standard InChI is InChI=1S/C19H15FN6O3.CH2O2/c1-29-15-8-13-12(24-19(28)25-13)7-14(15)23-18(27)10-4-9(5-11(20)6-10)17-22-3-2-16(21)26-17;2-1-3/h2-8H,1H3,(H,23,27)(H2,21,22,26)(H2,24,25,28);1H,(H,2,3). The number of carbonyl (C=O) groups is 2. The van der Waals surface area contributed by atoms with E-state index in [2.05, 4.69) is 25.3 Å². The van der Waals surface area contributed by atoms with Crippen LogP contribution in [0.25, 0.3) is 22.4 Å². The summed E-state index contributed by atoms with van der Waals surface area (Å²) in [6.45, 7) is -0.250. The zero-order valence-corrected chi connectivity index (χ0v) is 16.5. The molecule has 0 saturated carbocycles. The number of ether oxygens (including phenoxy) is 1. The number of methoxy groups -OCH3 is 1. The lowest BCUT2D eigenvalue weighted by atomic mass is 10.1. The predicted molar refractivity (Wildman–Crippen MR) is 114 cm³/mol. The Balaban J connectivity index is 0.000000913. The van der Waals surface area contributed by atoms with E-state index in [0.29, 0.717) is 28.0 Å². The average molecular weight is 440 g/mol. The summed E-state index contributed by atoms with van der Waals surface area (Å²) >= 11 is 0. The van der Waals surface area contributed by atoms with Crippen molar-refractivity contribution >= 4 is 34.9 Å². The molecule has 0 unspecified atom stereocenters.